The molecule has 0 aromatic heterocycles. The molecule has 4 rings (SSSR count). The highest BCUT2D eigenvalue weighted by Gasteiger charge is 2.38. The molecule has 2 saturated heterocycles. The van der Waals surface area contributed by atoms with Crippen molar-refractivity contribution in [3.8, 4) is 5.75 Å². The Labute approximate surface area is 288 Å². The third-order valence-corrected chi connectivity index (χ3v) is 8.92. The van der Waals surface area contributed by atoms with Gasteiger partial charge in [-0.15, -0.1) is 0 Å². The first-order chi connectivity index (χ1) is 23.4. The lowest BCUT2D eigenvalue weighted by Crippen LogP contribution is -2.60. The van der Waals surface area contributed by atoms with E-state index in [-0.39, 0.29) is 51.8 Å². The van der Waals surface area contributed by atoms with Crippen molar-refractivity contribution in [1.29, 1.82) is 0 Å². The molecule has 0 saturated carbocycles. The Hall–Kier alpha value is -4.04. The first kappa shape index (κ1) is 37.8. The van der Waals surface area contributed by atoms with Gasteiger partial charge in [0.05, 0.1) is 25.3 Å². The molecule has 2 aliphatic heterocycles. The van der Waals surface area contributed by atoms with Gasteiger partial charge in [0, 0.05) is 33.2 Å². The normalized spacial score (nSPS) is 26.5. The van der Waals surface area contributed by atoms with Crippen LogP contribution in [0.4, 0.5) is 0 Å². The fourth-order valence-electron chi connectivity index (χ4n) is 6.17. The third kappa shape index (κ3) is 11.0. The Kier molecular flexibility index (Phi) is 13.9. The maximum Gasteiger partial charge on any atom is 0.245 e. The second-order valence-electron chi connectivity index (χ2n) is 13.3. The molecular formula is C36H51N5O8. The molecule has 6 atom stereocenters. The first-order valence-corrected chi connectivity index (χ1v) is 17.0. The monoisotopic (exact) mass is 681 g/mol. The average Bonchev–Trinajstić information content (AvgIpc) is 3.07. The van der Waals surface area contributed by atoms with Crippen molar-refractivity contribution in [3.05, 3.63) is 65.7 Å². The zero-order chi connectivity index (χ0) is 35.5. The molecular weight excluding hydrogens is 630 g/mol. The van der Waals surface area contributed by atoms with Crippen molar-refractivity contribution < 1.29 is 38.9 Å². The number of carbonyl (C=O) groups is 4. The second-order valence-corrected chi connectivity index (χ2v) is 13.3. The van der Waals surface area contributed by atoms with Gasteiger partial charge in [-0.25, -0.2) is 0 Å². The Bertz CT molecular complexity index is 1410. The molecule has 13 heteroatoms. The van der Waals surface area contributed by atoms with Gasteiger partial charge in [0.2, 0.25) is 23.6 Å². The fourth-order valence-corrected chi connectivity index (χ4v) is 6.17. The third-order valence-electron chi connectivity index (χ3n) is 8.92. The number of rotatable bonds is 9. The topological polar surface area (TPSA) is 170 Å². The van der Waals surface area contributed by atoms with E-state index in [9.17, 15) is 29.4 Å². The molecule has 0 radical (unpaired) electrons. The number of aliphatic hydroxyl groups is 2. The van der Waals surface area contributed by atoms with Crippen LogP contribution in [-0.4, -0.2) is 120 Å². The van der Waals surface area contributed by atoms with Gasteiger partial charge in [-0.2, -0.15) is 0 Å². The van der Waals surface area contributed by atoms with Gasteiger partial charge in [0.1, 0.15) is 36.6 Å². The molecule has 2 fully saturated rings. The van der Waals surface area contributed by atoms with Crippen molar-refractivity contribution in [2.45, 2.75) is 83.0 Å². The summed E-state index contributed by atoms with van der Waals surface area (Å²) in [6.07, 6.45) is -0.959. The highest BCUT2D eigenvalue weighted by atomic mass is 16.5. The molecule has 2 aromatic rings. The van der Waals surface area contributed by atoms with Crippen molar-refractivity contribution in [1.82, 2.24) is 25.8 Å². The van der Waals surface area contributed by atoms with Gasteiger partial charge in [0.25, 0.3) is 0 Å². The van der Waals surface area contributed by atoms with E-state index >= 15 is 0 Å². The summed E-state index contributed by atoms with van der Waals surface area (Å²) in [6, 6.07) is 13.1. The summed E-state index contributed by atoms with van der Waals surface area (Å²) in [6.45, 7) is 6.05. The molecule has 2 bridgehead atoms. The van der Waals surface area contributed by atoms with E-state index in [4.69, 9.17) is 9.47 Å². The lowest BCUT2D eigenvalue weighted by atomic mass is 9.97. The molecule has 2 aromatic carbocycles. The largest absolute Gasteiger partial charge is 0.491 e. The van der Waals surface area contributed by atoms with Gasteiger partial charge in [-0.3, -0.25) is 24.1 Å². The van der Waals surface area contributed by atoms with Gasteiger partial charge in [-0.1, -0.05) is 56.3 Å². The van der Waals surface area contributed by atoms with Crippen molar-refractivity contribution >= 4 is 23.6 Å². The van der Waals surface area contributed by atoms with Crippen molar-refractivity contribution in [3.63, 3.8) is 0 Å². The van der Waals surface area contributed by atoms with Crippen LogP contribution in [0.15, 0.2) is 54.6 Å². The van der Waals surface area contributed by atoms with E-state index in [0.29, 0.717) is 18.6 Å². The van der Waals surface area contributed by atoms with E-state index in [1.54, 1.807) is 13.0 Å². The SMILES string of the molecule is CC(C)C[C@H]1NC(=O)CN(Cc2cccc(OCCO)c2)C[C@H]2OCC[C@H](NC(=O)[C@H](Cc3ccccc3)NC(=O)[C@H](C)N(C)C1=O)[C@@H]2O. The maximum atomic E-state index is 13.8. The molecule has 268 valence electrons. The number of nitrogens with zero attached hydrogens (tertiary/aromatic N) is 2. The van der Waals surface area contributed by atoms with Crippen LogP contribution >= 0.6 is 0 Å². The van der Waals surface area contributed by atoms with Gasteiger partial charge in [-0.05, 0) is 48.9 Å². The van der Waals surface area contributed by atoms with E-state index in [1.807, 2.05) is 67.3 Å². The number of hydrogen-bond donors (Lipinski definition) is 5. The fraction of sp³-hybridized carbons (Fsp3) is 0.556. The van der Waals surface area contributed by atoms with E-state index < -0.39 is 60.0 Å². The molecule has 0 unspecified atom stereocenters. The van der Waals surface area contributed by atoms with Crippen molar-refractivity contribution in [2.75, 3.05) is 40.0 Å². The van der Waals surface area contributed by atoms with Crippen LogP contribution in [0.2, 0.25) is 0 Å². The molecule has 5 N–H and O–H groups in total. The summed E-state index contributed by atoms with van der Waals surface area (Å²) in [7, 11) is 1.52. The molecule has 0 spiro atoms. The van der Waals surface area contributed by atoms with Crippen molar-refractivity contribution in [2.24, 2.45) is 5.92 Å². The number of benzene rings is 2. The summed E-state index contributed by atoms with van der Waals surface area (Å²) in [4.78, 5) is 57.9. The minimum Gasteiger partial charge on any atom is -0.491 e. The zero-order valence-electron chi connectivity index (χ0n) is 28.8. The molecule has 13 nitrogen and oxygen atoms in total. The number of hydrogen-bond acceptors (Lipinski definition) is 9. The van der Waals surface area contributed by atoms with Crippen LogP contribution in [0.5, 0.6) is 5.75 Å². The van der Waals surface area contributed by atoms with Gasteiger partial charge < -0.3 is 40.5 Å². The Morgan fingerprint density at radius 3 is 2.41 bits per heavy atom. The van der Waals surface area contributed by atoms with Gasteiger partial charge >= 0.3 is 0 Å². The number of aliphatic hydroxyl groups excluding tert-OH is 2. The smallest absolute Gasteiger partial charge is 0.245 e. The second kappa shape index (κ2) is 18.1. The highest BCUT2D eigenvalue weighted by molar-refractivity contribution is 5.94. The van der Waals surface area contributed by atoms with Crippen LogP contribution in [-0.2, 0) is 36.9 Å². The minimum atomic E-state index is -1.11. The van der Waals surface area contributed by atoms with E-state index in [2.05, 4.69) is 16.0 Å². The number of amides is 4. The van der Waals surface area contributed by atoms with Crippen LogP contribution in [0.25, 0.3) is 0 Å². The van der Waals surface area contributed by atoms with Crippen LogP contribution in [0, 0.1) is 5.92 Å². The molecule has 4 amide bonds. The Morgan fingerprint density at radius 2 is 1.69 bits per heavy atom. The van der Waals surface area contributed by atoms with Gasteiger partial charge in [0.15, 0.2) is 0 Å². The number of ether oxygens (including phenoxy) is 2. The van der Waals surface area contributed by atoms with E-state index in [0.717, 1.165) is 11.1 Å². The van der Waals surface area contributed by atoms with E-state index in [1.165, 1.54) is 11.9 Å². The molecule has 0 aliphatic carbocycles. The summed E-state index contributed by atoms with van der Waals surface area (Å²) >= 11 is 0. The lowest BCUT2D eigenvalue weighted by Gasteiger charge is -2.38. The Balaban J connectivity index is 1.67. The number of likely N-dealkylation sites (N-methyl/N-ethyl adjacent to an activating group) is 1. The zero-order valence-corrected chi connectivity index (χ0v) is 28.8. The summed E-state index contributed by atoms with van der Waals surface area (Å²) in [5.74, 6) is -1.19. The summed E-state index contributed by atoms with van der Waals surface area (Å²) in [5, 5.41) is 29.4. The highest BCUT2D eigenvalue weighted by Crippen LogP contribution is 2.20. The molecule has 2 heterocycles. The number of nitrogens with one attached hydrogen (secondary N) is 3. The van der Waals surface area contributed by atoms with Crippen LogP contribution in [0.1, 0.15) is 44.7 Å². The summed E-state index contributed by atoms with van der Waals surface area (Å²) in [5.41, 5.74) is 1.65. The Morgan fingerprint density at radius 1 is 0.959 bits per heavy atom. The van der Waals surface area contributed by atoms with Crippen LogP contribution in [0.3, 0.4) is 0 Å². The average molecular weight is 682 g/mol. The molecule has 49 heavy (non-hydrogen) atoms. The predicted octanol–water partition coefficient (Wildman–Crippen LogP) is 0.613. The number of carbonyl (C=O) groups excluding carboxylic acids is 4. The molecule has 2 aliphatic rings. The summed E-state index contributed by atoms with van der Waals surface area (Å²) < 4.78 is 11.6. The maximum absolute atomic E-state index is 13.8. The number of fused-ring (bicyclic) bond motifs is 2. The quantitative estimate of drug-likeness (QED) is 0.255. The standard InChI is InChI=1S/C36H51N5O8/c1-23(2)17-30-36(47)40(4)24(3)34(45)39-29(19-25-9-6-5-7-10-25)35(46)38-28-13-15-49-31(33(28)44)21-41(22-32(43)37-30)20-26-11-8-12-27(18-26)48-16-14-42/h5-12,18,23-24,28-31,33,42,44H,13-17,19-22H2,1-4H3,(H,37,43)(H,38,46)(H,39,45)/t24-,28-,29-,30+,31+,33-/m0/s1. The van der Waals surface area contributed by atoms with Crippen LogP contribution < -0.4 is 20.7 Å². The minimum absolute atomic E-state index is 0.0559. The first-order valence-electron chi connectivity index (χ1n) is 17.0. The lowest BCUT2D eigenvalue weighted by molar-refractivity contribution is -0.142. The predicted molar refractivity (Wildman–Crippen MR) is 182 cm³/mol.